The number of hydrogen-bond donors (Lipinski definition) is 2. The highest BCUT2D eigenvalue weighted by molar-refractivity contribution is 5.43. The molecule has 0 heterocycles. The number of para-hydroxylation sites is 1. The molecule has 2 atom stereocenters. The fourth-order valence-electron chi connectivity index (χ4n) is 2.09. The van der Waals surface area contributed by atoms with Crippen molar-refractivity contribution in [1.82, 2.24) is 0 Å². The van der Waals surface area contributed by atoms with Gasteiger partial charge < -0.3 is 11.1 Å². The van der Waals surface area contributed by atoms with Gasteiger partial charge in [-0.3, -0.25) is 0 Å². The second-order valence-electron chi connectivity index (χ2n) is 4.07. The Morgan fingerprint density at radius 2 is 1.79 bits per heavy atom. The van der Waals surface area contributed by atoms with E-state index in [1.807, 2.05) is 6.07 Å². The molecule has 0 saturated heterocycles. The third-order valence-corrected chi connectivity index (χ3v) is 2.95. The molecule has 1 aromatic rings. The molecule has 0 aromatic heterocycles. The fraction of sp³-hybridized carbons (Fsp3) is 0.500. The molecule has 1 saturated carbocycles. The van der Waals surface area contributed by atoms with Crippen molar-refractivity contribution >= 4 is 5.69 Å². The van der Waals surface area contributed by atoms with Crippen LogP contribution in [0.25, 0.3) is 0 Å². The van der Waals surface area contributed by atoms with Crippen LogP contribution in [0, 0.1) is 0 Å². The van der Waals surface area contributed by atoms with Crippen LogP contribution >= 0.6 is 0 Å². The Labute approximate surface area is 85.5 Å². The van der Waals surface area contributed by atoms with Crippen LogP contribution in [0.5, 0.6) is 0 Å². The minimum Gasteiger partial charge on any atom is -0.381 e. The average molecular weight is 190 g/mol. The summed E-state index contributed by atoms with van der Waals surface area (Å²) in [5, 5.41) is 3.51. The SMILES string of the molecule is NC1CCCCC1Nc1ccccc1. The Kier molecular flexibility index (Phi) is 3.04. The molecule has 2 rings (SSSR count). The molecular weight excluding hydrogens is 172 g/mol. The molecule has 1 fully saturated rings. The van der Waals surface area contributed by atoms with E-state index in [0.717, 1.165) is 6.42 Å². The van der Waals surface area contributed by atoms with E-state index in [0.29, 0.717) is 12.1 Å². The summed E-state index contributed by atoms with van der Waals surface area (Å²) in [5.41, 5.74) is 7.25. The summed E-state index contributed by atoms with van der Waals surface area (Å²) in [6, 6.07) is 11.1. The van der Waals surface area contributed by atoms with Gasteiger partial charge >= 0.3 is 0 Å². The molecule has 2 nitrogen and oxygen atoms in total. The van der Waals surface area contributed by atoms with Crippen molar-refractivity contribution in [3.63, 3.8) is 0 Å². The van der Waals surface area contributed by atoms with E-state index in [4.69, 9.17) is 5.73 Å². The smallest absolute Gasteiger partial charge is 0.0412 e. The molecule has 0 aliphatic heterocycles. The second-order valence-corrected chi connectivity index (χ2v) is 4.07. The van der Waals surface area contributed by atoms with Gasteiger partial charge in [0.1, 0.15) is 0 Å². The Hall–Kier alpha value is -1.02. The third kappa shape index (κ3) is 2.26. The predicted molar refractivity (Wildman–Crippen MR) is 60.3 cm³/mol. The summed E-state index contributed by atoms with van der Waals surface area (Å²) in [7, 11) is 0. The Balaban J connectivity index is 1.96. The largest absolute Gasteiger partial charge is 0.381 e. The van der Waals surface area contributed by atoms with Crippen molar-refractivity contribution in [2.45, 2.75) is 37.8 Å². The molecule has 2 unspecified atom stereocenters. The Morgan fingerprint density at radius 3 is 2.50 bits per heavy atom. The number of anilines is 1. The number of nitrogens with one attached hydrogen (secondary N) is 1. The van der Waals surface area contributed by atoms with E-state index in [9.17, 15) is 0 Å². The highest BCUT2D eigenvalue weighted by Crippen LogP contribution is 2.20. The van der Waals surface area contributed by atoms with E-state index < -0.39 is 0 Å². The van der Waals surface area contributed by atoms with Crippen LogP contribution in [0.2, 0.25) is 0 Å². The standard InChI is InChI=1S/C12H18N2/c13-11-8-4-5-9-12(11)14-10-6-2-1-3-7-10/h1-3,6-7,11-12,14H,4-5,8-9,13H2. The van der Waals surface area contributed by atoms with Crippen molar-refractivity contribution in [1.29, 1.82) is 0 Å². The summed E-state index contributed by atoms with van der Waals surface area (Å²) in [4.78, 5) is 0. The summed E-state index contributed by atoms with van der Waals surface area (Å²) < 4.78 is 0. The molecule has 0 radical (unpaired) electrons. The lowest BCUT2D eigenvalue weighted by molar-refractivity contribution is 0.404. The molecule has 1 aromatic carbocycles. The van der Waals surface area contributed by atoms with Crippen LogP contribution in [-0.4, -0.2) is 12.1 Å². The first-order chi connectivity index (χ1) is 6.86. The van der Waals surface area contributed by atoms with Gasteiger partial charge in [0.05, 0.1) is 0 Å². The highest BCUT2D eigenvalue weighted by Gasteiger charge is 2.20. The van der Waals surface area contributed by atoms with E-state index in [1.54, 1.807) is 0 Å². The second kappa shape index (κ2) is 4.47. The van der Waals surface area contributed by atoms with Crippen LogP contribution in [0.4, 0.5) is 5.69 Å². The lowest BCUT2D eigenvalue weighted by Crippen LogP contribution is -2.42. The zero-order chi connectivity index (χ0) is 9.80. The first-order valence-corrected chi connectivity index (χ1v) is 5.43. The van der Waals surface area contributed by atoms with E-state index >= 15 is 0 Å². The summed E-state index contributed by atoms with van der Waals surface area (Å²) >= 11 is 0. The average Bonchev–Trinajstić information content (AvgIpc) is 2.23. The van der Waals surface area contributed by atoms with Crippen LogP contribution in [0.3, 0.4) is 0 Å². The summed E-state index contributed by atoms with van der Waals surface area (Å²) in [6.07, 6.45) is 4.95. The minimum atomic E-state index is 0.323. The zero-order valence-corrected chi connectivity index (χ0v) is 8.45. The van der Waals surface area contributed by atoms with Gasteiger partial charge in [0.25, 0.3) is 0 Å². The molecule has 1 aliphatic carbocycles. The van der Waals surface area contributed by atoms with E-state index in [-0.39, 0.29) is 0 Å². The summed E-state index contributed by atoms with van der Waals surface area (Å²) in [6.45, 7) is 0. The third-order valence-electron chi connectivity index (χ3n) is 2.95. The van der Waals surface area contributed by atoms with Crippen LogP contribution in [-0.2, 0) is 0 Å². The molecule has 0 amide bonds. The van der Waals surface area contributed by atoms with Gasteiger partial charge in [-0.2, -0.15) is 0 Å². The van der Waals surface area contributed by atoms with Crippen molar-refractivity contribution in [3.05, 3.63) is 30.3 Å². The number of rotatable bonds is 2. The highest BCUT2D eigenvalue weighted by atomic mass is 15.0. The number of nitrogens with two attached hydrogens (primary N) is 1. The topological polar surface area (TPSA) is 38.0 Å². The first kappa shape index (κ1) is 9.53. The molecule has 76 valence electrons. The van der Waals surface area contributed by atoms with Crippen LogP contribution in [0.1, 0.15) is 25.7 Å². The molecule has 1 aliphatic rings. The predicted octanol–water partition coefficient (Wildman–Crippen LogP) is 2.37. The van der Waals surface area contributed by atoms with Crippen LogP contribution < -0.4 is 11.1 Å². The van der Waals surface area contributed by atoms with Gasteiger partial charge in [-0.1, -0.05) is 31.0 Å². The van der Waals surface area contributed by atoms with Crippen molar-refractivity contribution < 1.29 is 0 Å². The molecule has 14 heavy (non-hydrogen) atoms. The normalized spacial score (nSPS) is 27.2. The van der Waals surface area contributed by atoms with Crippen molar-refractivity contribution in [2.75, 3.05) is 5.32 Å². The zero-order valence-electron chi connectivity index (χ0n) is 8.45. The first-order valence-electron chi connectivity index (χ1n) is 5.43. The Bertz CT molecular complexity index is 271. The Morgan fingerprint density at radius 1 is 1.07 bits per heavy atom. The molecule has 2 heteroatoms. The van der Waals surface area contributed by atoms with Gasteiger partial charge in [-0.05, 0) is 25.0 Å². The van der Waals surface area contributed by atoms with Crippen LogP contribution in [0.15, 0.2) is 30.3 Å². The minimum absolute atomic E-state index is 0.323. The number of benzene rings is 1. The quantitative estimate of drug-likeness (QED) is 0.751. The maximum Gasteiger partial charge on any atom is 0.0412 e. The van der Waals surface area contributed by atoms with Crippen molar-refractivity contribution in [3.8, 4) is 0 Å². The molecule has 0 bridgehead atoms. The van der Waals surface area contributed by atoms with Gasteiger partial charge in [-0.25, -0.2) is 0 Å². The van der Waals surface area contributed by atoms with Crippen molar-refractivity contribution in [2.24, 2.45) is 5.73 Å². The van der Waals surface area contributed by atoms with Gasteiger partial charge in [-0.15, -0.1) is 0 Å². The van der Waals surface area contributed by atoms with E-state index in [1.165, 1.54) is 24.9 Å². The molecule has 0 spiro atoms. The number of hydrogen-bond acceptors (Lipinski definition) is 2. The molecular formula is C12H18N2. The molecule has 3 N–H and O–H groups in total. The van der Waals surface area contributed by atoms with E-state index in [2.05, 4.69) is 29.6 Å². The maximum absolute atomic E-state index is 6.06. The summed E-state index contributed by atoms with van der Waals surface area (Å²) in [5.74, 6) is 0. The van der Waals surface area contributed by atoms with Gasteiger partial charge in [0.15, 0.2) is 0 Å². The monoisotopic (exact) mass is 190 g/mol. The lowest BCUT2D eigenvalue weighted by Gasteiger charge is -2.30. The van der Waals surface area contributed by atoms with Gasteiger partial charge in [0, 0.05) is 17.8 Å². The fourth-order valence-corrected chi connectivity index (χ4v) is 2.09. The lowest BCUT2D eigenvalue weighted by atomic mass is 9.91. The maximum atomic E-state index is 6.06. The van der Waals surface area contributed by atoms with Gasteiger partial charge in [0.2, 0.25) is 0 Å².